The van der Waals surface area contributed by atoms with Crippen LogP contribution in [0.1, 0.15) is 45.2 Å². The van der Waals surface area contributed by atoms with Gasteiger partial charge < -0.3 is 0 Å². The maximum atomic E-state index is 4.88. The van der Waals surface area contributed by atoms with Crippen molar-refractivity contribution in [3.63, 3.8) is 0 Å². The summed E-state index contributed by atoms with van der Waals surface area (Å²) >= 11 is 0. The van der Waals surface area contributed by atoms with Gasteiger partial charge in [0.1, 0.15) is 0 Å². The smallest absolute Gasteiger partial charge is 0.0705 e. The number of aromatic nitrogens is 1. The average Bonchev–Trinajstić information content (AvgIpc) is 2.98. The molecule has 0 unspecified atom stereocenters. The monoisotopic (exact) mass is 403 g/mol. The Morgan fingerprint density at radius 2 is 1.06 bits per heavy atom. The molecule has 1 aromatic heterocycles. The zero-order chi connectivity index (χ0) is 21.6. The van der Waals surface area contributed by atoms with E-state index in [0.717, 1.165) is 12.1 Å². The SMILES string of the molecule is CC1(C)CC(C)(C)c2cc(-c3cccc(-c4cccc(-c5ccccc5)c4)c3)ncc21. The summed E-state index contributed by atoms with van der Waals surface area (Å²) in [5, 5.41) is 0. The summed E-state index contributed by atoms with van der Waals surface area (Å²) in [5.41, 5.74) is 10.4. The zero-order valence-electron chi connectivity index (χ0n) is 18.8. The lowest BCUT2D eigenvalue weighted by Gasteiger charge is -2.22. The highest BCUT2D eigenvalue weighted by Gasteiger charge is 2.42. The van der Waals surface area contributed by atoms with Gasteiger partial charge in [-0.15, -0.1) is 0 Å². The normalized spacial score (nSPS) is 16.1. The topological polar surface area (TPSA) is 12.9 Å². The Hall–Kier alpha value is -3.19. The molecule has 0 atom stereocenters. The predicted molar refractivity (Wildman–Crippen MR) is 131 cm³/mol. The molecule has 3 aromatic carbocycles. The maximum Gasteiger partial charge on any atom is 0.0705 e. The van der Waals surface area contributed by atoms with Crippen molar-refractivity contribution in [2.75, 3.05) is 0 Å². The Kier molecular flexibility index (Phi) is 4.59. The van der Waals surface area contributed by atoms with Crippen LogP contribution >= 0.6 is 0 Å². The van der Waals surface area contributed by atoms with E-state index < -0.39 is 0 Å². The second kappa shape index (κ2) is 7.20. The predicted octanol–water partition coefficient (Wildman–Crippen LogP) is 8.04. The first-order chi connectivity index (χ1) is 14.8. The average molecular weight is 404 g/mol. The van der Waals surface area contributed by atoms with Crippen molar-refractivity contribution in [1.29, 1.82) is 0 Å². The molecule has 1 nitrogen and oxygen atoms in total. The molecule has 31 heavy (non-hydrogen) atoms. The van der Waals surface area contributed by atoms with Crippen LogP contribution in [0.15, 0.2) is 91.1 Å². The number of nitrogens with zero attached hydrogens (tertiary/aromatic N) is 1. The largest absolute Gasteiger partial charge is 0.256 e. The Morgan fingerprint density at radius 3 is 1.74 bits per heavy atom. The third-order valence-corrected chi connectivity index (χ3v) is 6.71. The quantitative estimate of drug-likeness (QED) is 0.337. The molecule has 0 radical (unpaired) electrons. The van der Waals surface area contributed by atoms with E-state index in [2.05, 4.69) is 119 Å². The summed E-state index contributed by atoms with van der Waals surface area (Å²) in [6.45, 7) is 9.39. The first-order valence-corrected chi connectivity index (χ1v) is 11.1. The van der Waals surface area contributed by atoms with Crippen molar-refractivity contribution < 1.29 is 0 Å². The van der Waals surface area contributed by atoms with E-state index in [1.807, 2.05) is 0 Å². The van der Waals surface area contributed by atoms with Crippen LogP contribution in [-0.4, -0.2) is 4.98 Å². The highest BCUT2D eigenvalue weighted by molar-refractivity contribution is 5.76. The molecule has 4 aromatic rings. The summed E-state index contributed by atoms with van der Waals surface area (Å²) in [5.74, 6) is 0. The van der Waals surface area contributed by atoms with Crippen molar-refractivity contribution in [3.8, 4) is 33.5 Å². The minimum atomic E-state index is 0.179. The molecular formula is C30H29N. The summed E-state index contributed by atoms with van der Waals surface area (Å²) < 4.78 is 0. The van der Waals surface area contributed by atoms with Gasteiger partial charge in [0.15, 0.2) is 0 Å². The standard InChI is InChI=1S/C30H29N/c1-29(2)20-30(3,4)27-19-31-28(18-26(27)29)25-15-9-14-24(17-25)23-13-8-12-22(16-23)21-10-6-5-7-11-21/h5-19H,20H2,1-4H3. The van der Waals surface area contributed by atoms with E-state index >= 15 is 0 Å². The van der Waals surface area contributed by atoms with E-state index in [9.17, 15) is 0 Å². The van der Waals surface area contributed by atoms with Crippen molar-refractivity contribution in [1.82, 2.24) is 4.98 Å². The fourth-order valence-electron chi connectivity index (χ4n) is 5.37. The lowest BCUT2D eigenvalue weighted by molar-refractivity contribution is 0.403. The Morgan fingerprint density at radius 1 is 0.548 bits per heavy atom. The van der Waals surface area contributed by atoms with E-state index in [-0.39, 0.29) is 10.8 Å². The summed E-state index contributed by atoms with van der Waals surface area (Å²) in [6, 6.07) is 30.4. The van der Waals surface area contributed by atoms with E-state index in [4.69, 9.17) is 4.98 Å². The third kappa shape index (κ3) is 3.59. The van der Waals surface area contributed by atoms with Crippen LogP contribution in [0, 0.1) is 0 Å². The van der Waals surface area contributed by atoms with Crippen molar-refractivity contribution in [2.45, 2.75) is 44.9 Å². The molecule has 1 heterocycles. The van der Waals surface area contributed by atoms with Gasteiger partial charge in [0.25, 0.3) is 0 Å². The minimum absolute atomic E-state index is 0.179. The van der Waals surface area contributed by atoms with E-state index in [0.29, 0.717) is 0 Å². The highest BCUT2D eigenvalue weighted by Crippen LogP contribution is 2.49. The molecule has 154 valence electrons. The Labute approximate surface area is 185 Å². The van der Waals surface area contributed by atoms with Gasteiger partial charge in [-0.1, -0.05) is 94.4 Å². The minimum Gasteiger partial charge on any atom is -0.256 e. The molecule has 0 saturated heterocycles. The van der Waals surface area contributed by atoms with Gasteiger partial charge >= 0.3 is 0 Å². The van der Waals surface area contributed by atoms with E-state index in [1.165, 1.54) is 38.9 Å². The highest BCUT2D eigenvalue weighted by atomic mass is 14.7. The van der Waals surface area contributed by atoms with E-state index in [1.54, 1.807) is 0 Å². The number of rotatable bonds is 3. The third-order valence-electron chi connectivity index (χ3n) is 6.71. The molecule has 0 bridgehead atoms. The maximum absolute atomic E-state index is 4.88. The van der Waals surface area contributed by atoms with Crippen LogP contribution < -0.4 is 0 Å². The molecule has 0 saturated carbocycles. The van der Waals surface area contributed by atoms with Crippen molar-refractivity contribution in [3.05, 3.63) is 102 Å². The lowest BCUT2D eigenvalue weighted by atomic mass is 9.82. The Balaban J connectivity index is 1.54. The summed E-state index contributed by atoms with van der Waals surface area (Å²) in [4.78, 5) is 4.88. The number of hydrogen-bond acceptors (Lipinski definition) is 1. The molecule has 0 amide bonds. The number of benzene rings is 3. The van der Waals surface area contributed by atoms with Gasteiger partial charge in [0, 0.05) is 11.8 Å². The zero-order valence-corrected chi connectivity index (χ0v) is 18.8. The molecule has 0 spiro atoms. The van der Waals surface area contributed by atoms with Gasteiger partial charge in [-0.25, -0.2) is 0 Å². The first kappa shape index (κ1) is 19.8. The van der Waals surface area contributed by atoms with Crippen LogP contribution in [0.25, 0.3) is 33.5 Å². The van der Waals surface area contributed by atoms with Gasteiger partial charge in [0.05, 0.1) is 5.69 Å². The van der Waals surface area contributed by atoms with Gasteiger partial charge in [-0.05, 0) is 68.8 Å². The van der Waals surface area contributed by atoms with Crippen LogP contribution in [0.2, 0.25) is 0 Å². The van der Waals surface area contributed by atoms with Crippen LogP contribution in [0.5, 0.6) is 0 Å². The molecule has 0 fully saturated rings. The van der Waals surface area contributed by atoms with Crippen LogP contribution in [-0.2, 0) is 10.8 Å². The molecule has 1 heteroatoms. The van der Waals surface area contributed by atoms with Crippen LogP contribution in [0.3, 0.4) is 0 Å². The molecule has 1 aliphatic rings. The number of fused-ring (bicyclic) bond motifs is 1. The first-order valence-electron chi connectivity index (χ1n) is 11.1. The second-order valence-corrected chi connectivity index (χ2v) is 10.1. The Bertz CT molecular complexity index is 1250. The fraction of sp³-hybridized carbons (Fsp3) is 0.233. The van der Waals surface area contributed by atoms with Gasteiger partial charge in [-0.3, -0.25) is 4.98 Å². The van der Waals surface area contributed by atoms with Gasteiger partial charge in [-0.2, -0.15) is 0 Å². The number of pyridine rings is 1. The van der Waals surface area contributed by atoms with Crippen molar-refractivity contribution >= 4 is 0 Å². The summed E-state index contributed by atoms with van der Waals surface area (Å²) in [6.07, 6.45) is 3.27. The molecule has 0 aliphatic heterocycles. The lowest BCUT2D eigenvalue weighted by Crippen LogP contribution is -2.17. The van der Waals surface area contributed by atoms with Crippen LogP contribution in [0.4, 0.5) is 0 Å². The molecule has 1 aliphatic carbocycles. The second-order valence-electron chi connectivity index (χ2n) is 10.1. The van der Waals surface area contributed by atoms with Gasteiger partial charge in [0.2, 0.25) is 0 Å². The van der Waals surface area contributed by atoms with Crippen molar-refractivity contribution in [2.24, 2.45) is 0 Å². The molecule has 0 N–H and O–H groups in total. The number of hydrogen-bond donors (Lipinski definition) is 0. The molecular weight excluding hydrogens is 374 g/mol. The fourth-order valence-corrected chi connectivity index (χ4v) is 5.37. The molecule has 5 rings (SSSR count). The summed E-state index contributed by atoms with van der Waals surface area (Å²) in [7, 11) is 0.